The molecule has 1 saturated heterocycles. The van der Waals surface area contributed by atoms with Gasteiger partial charge in [0.15, 0.2) is 0 Å². The second-order valence-corrected chi connectivity index (χ2v) is 10.0. The summed E-state index contributed by atoms with van der Waals surface area (Å²) in [4.78, 5) is 17.4. The van der Waals surface area contributed by atoms with Crippen LogP contribution >= 0.6 is 0 Å². The van der Waals surface area contributed by atoms with E-state index in [1.807, 2.05) is 53.1 Å². The van der Waals surface area contributed by atoms with E-state index in [1.165, 1.54) is 10.4 Å². The van der Waals surface area contributed by atoms with Crippen molar-refractivity contribution in [2.45, 2.75) is 24.2 Å². The number of aromatic nitrogens is 2. The van der Waals surface area contributed by atoms with Crippen LogP contribution in [0.1, 0.15) is 29.6 Å². The number of benzene rings is 3. The summed E-state index contributed by atoms with van der Waals surface area (Å²) in [6, 6.07) is 21.5. The van der Waals surface area contributed by atoms with Crippen LogP contribution in [0.4, 0.5) is 5.69 Å². The number of hydrogen-bond acceptors (Lipinski definition) is 4. The Kier molecular flexibility index (Phi) is 5.70. The van der Waals surface area contributed by atoms with Gasteiger partial charge >= 0.3 is 0 Å². The Hall–Kier alpha value is -3.49. The summed E-state index contributed by atoms with van der Waals surface area (Å²) < 4.78 is 29.4. The molecule has 8 heteroatoms. The maximum absolute atomic E-state index is 13.0. The van der Waals surface area contributed by atoms with E-state index in [2.05, 4.69) is 10.3 Å². The lowest BCUT2D eigenvalue weighted by atomic mass is 10.2. The fourth-order valence-corrected chi connectivity index (χ4v) is 5.69. The van der Waals surface area contributed by atoms with Gasteiger partial charge in [0.1, 0.15) is 6.33 Å². The smallest absolute Gasteiger partial charge is 0.255 e. The van der Waals surface area contributed by atoms with Crippen LogP contribution in [0.3, 0.4) is 0 Å². The van der Waals surface area contributed by atoms with Crippen molar-refractivity contribution in [2.24, 2.45) is 0 Å². The van der Waals surface area contributed by atoms with E-state index in [-0.39, 0.29) is 10.8 Å². The molecular weight excluding hydrogens is 436 g/mol. The van der Waals surface area contributed by atoms with Crippen LogP contribution < -0.4 is 5.32 Å². The van der Waals surface area contributed by atoms with Gasteiger partial charge in [0.05, 0.1) is 15.9 Å². The van der Waals surface area contributed by atoms with Crippen LogP contribution in [-0.4, -0.2) is 41.3 Å². The van der Waals surface area contributed by atoms with E-state index in [4.69, 9.17) is 0 Å². The molecule has 1 N–H and O–H groups in total. The third-order valence-corrected chi connectivity index (χ3v) is 7.80. The van der Waals surface area contributed by atoms with Crippen LogP contribution in [0.15, 0.2) is 84.0 Å². The van der Waals surface area contributed by atoms with Crippen molar-refractivity contribution in [3.05, 3.63) is 84.7 Å². The average Bonchev–Trinajstić information content (AvgIpc) is 3.29. The lowest BCUT2D eigenvalue weighted by molar-refractivity contribution is 0.102. The Morgan fingerprint density at radius 3 is 2.42 bits per heavy atom. The number of para-hydroxylation sites is 2. The van der Waals surface area contributed by atoms with Crippen molar-refractivity contribution in [1.29, 1.82) is 0 Å². The molecule has 3 aromatic carbocycles. The van der Waals surface area contributed by atoms with Crippen LogP contribution in [0.5, 0.6) is 0 Å². The number of amides is 1. The molecule has 0 bridgehead atoms. The van der Waals surface area contributed by atoms with Gasteiger partial charge in [0.25, 0.3) is 5.91 Å². The number of fused-ring (bicyclic) bond motifs is 1. The zero-order chi connectivity index (χ0) is 22.8. The summed E-state index contributed by atoms with van der Waals surface area (Å²) in [5.41, 5.74) is 3.77. The standard InChI is InChI=1S/C25H24N4O3S/c30-25(19-7-6-8-22(17-19)33(31,32)28-15-4-1-5-16-28)27-20-11-13-21(14-12-20)29-18-26-23-9-2-3-10-24(23)29/h2-3,6-14,17-18H,1,4-5,15-16H2,(H,27,30). The quantitative estimate of drug-likeness (QED) is 0.477. The summed E-state index contributed by atoms with van der Waals surface area (Å²) >= 11 is 0. The van der Waals surface area contributed by atoms with Gasteiger partial charge in [-0.2, -0.15) is 4.31 Å². The monoisotopic (exact) mass is 460 g/mol. The second-order valence-electron chi connectivity index (χ2n) is 8.10. The van der Waals surface area contributed by atoms with Crippen molar-refractivity contribution in [2.75, 3.05) is 18.4 Å². The number of nitrogens with zero attached hydrogens (tertiary/aromatic N) is 3. The second kappa shape index (κ2) is 8.80. The minimum absolute atomic E-state index is 0.152. The topological polar surface area (TPSA) is 84.3 Å². The van der Waals surface area contributed by atoms with E-state index < -0.39 is 10.0 Å². The van der Waals surface area contributed by atoms with Crippen molar-refractivity contribution in [3.63, 3.8) is 0 Å². The van der Waals surface area contributed by atoms with Gasteiger partial charge in [-0.15, -0.1) is 0 Å². The summed E-state index contributed by atoms with van der Waals surface area (Å²) in [5, 5.41) is 2.85. The van der Waals surface area contributed by atoms with Gasteiger partial charge in [0, 0.05) is 30.0 Å². The van der Waals surface area contributed by atoms with Gasteiger partial charge in [-0.3, -0.25) is 9.36 Å². The van der Waals surface area contributed by atoms with Crippen LogP contribution in [0, 0.1) is 0 Å². The number of imidazole rings is 1. The number of sulfonamides is 1. The van der Waals surface area contributed by atoms with E-state index >= 15 is 0 Å². The minimum atomic E-state index is -3.59. The van der Waals surface area contributed by atoms with Crippen LogP contribution in [0.25, 0.3) is 16.7 Å². The number of hydrogen-bond donors (Lipinski definition) is 1. The lowest BCUT2D eigenvalue weighted by Gasteiger charge is -2.26. The van der Waals surface area contributed by atoms with Gasteiger partial charge < -0.3 is 5.32 Å². The molecule has 2 heterocycles. The number of carbonyl (C=O) groups is 1. The van der Waals surface area contributed by atoms with Crippen molar-refractivity contribution < 1.29 is 13.2 Å². The first-order valence-corrected chi connectivity index (χ1v) is 12.4. The maximum atomic E-state index is 13.0. The minimum Gasteiger partial charge on any atom is -0.322 e. The highest BCUT2D eigenvalue weighted by Gasteiger charge is 2.26. The lowest BCUT2D eigenvalue weighted by Crippen LogP contribution is -2.35. The van der Waals surface area contributed by atoms with Crippen molar-refractivity contribution in [1.82, 2.24) is 13.9 Å². The van der Waals surface area contributed by atoms with Crippen molar-refractivity contribution >= 4 is 32.7 Å². The maximum Gasteiger partial charge on any atom is 0.255 e. The molecule has 0 unspecified atom stereocenters. The molecule has 7 nitrogen and oxygen atoms in total. The zero-order valence-corrected chi connectivity index (χ0v) is 18.8. The van der Waals surface area contributed by atoms with E-state index in [9.17, 15) is 13.2 Å². The fraction of sp³-hybridized carbons (Fsp3) is 0.200. The highest BCUT2D eigenvalue weighted by atomic mass is 32.2. The van der Waals surface area contributed by atoms with Gasteiger partial charge in [-0.05, 0) is 67.4 Å². The molecular formula is C25H24N4O3S. The van der Waals surface area contributed by atoms with Gasteiger partial charge in [0.2, 0.25) is 10.0 Å². The van der Waals surface area contributed by atoms with E-state index in [1.54, 1.807) is 24.5 Å². The molecule has 0 saturated carbocycles. The first-order valence-electron chi connectivity index (χ1n) is 11.0. The molecule has 0 spiro atoms. The summed E-state index contributed by atoms with van der Waals surface area (Å²) in [6.07, 6.45) is 4.55. The van der Waals surface area contributed by atoms with Gasteiger partial charge in [-0.1, -0.05) is 24.6 Å². The Morgan fingerprint density at radius 1 is 0.879 bits per heavy atom. The Bertz CT molecular complexity index is 1410. The fourth-order valence-electron chi connectivity index (χ4n) is 4.13. The third-order valence-electron chi connectivity index (χ3n) is 5.91. The third kappa shape index (κ3) is 4.27. The number of nitrogens with one attached hydrogen (secondary N) is 1. The number of piperidine rings is 1. The molecule has 0 radical (unpaired) electrons. The normalized spacial score (nSPS) is 14.9. The molecule has 168 valence electrons. The Labute approximate surface area is 192 Å². The van der Waals surface area contributed by atoms with E-state index in [0.29, 0.717) is 24.3 Å². The first kappa shape index (κ1) is 21.4. The molecule has 1 fully saturated rings. The zero-order valence-electron chi connectivity index (χ0n) is 18.0. The predicted octanol–water partition coefficient (Wildman–Crippen LogP) is 4.45. The molecule has 4 aromatic rings. The summed E-state index contributed by atoms with van der Waals surface area (Å²) in [5.74, 6) is -0.355. The molecule has 0 atom stereocenters. The molecule has 33 heavy (non-hydrogen) atoms. The summed E-state index contributed by atoms with van der Waals surface area (Å²) in [7, 11) is -3.59. The Balaban J connectivity index is 1.33. The van der Waals surface area contributed by atoms with Gasteiger partial charge in [-0.25, -0.2) is 13.4 Å². The van der Waals surface area contributed by atoms with Crippen molar-refractivity contribution in [3.8, 4) is 5.69 Å². The summed E-state index contributed by atoms with van der Waals surface area (Å²) in [6.45, 7) is 1.05. The predicted molar refractivity (Wildman–Crippen MR) is 128 cm³/mol. The number of rotatable bonds is 5. The number of carbonyl (C=O) groups excluding carboxylic acids is 1. The Morgan fingerprint density at radius 2 is 1.64 bits per heavy atom. The van der Waals surface area contributed by atoms with E-state index in [0.717, 1.165) is 36.0 Å². The highest BCUT2D eigenvalue weighted by Crippen LogP contribution is 2.23. The molecule has 1 aliphatic rings. The molecule has 1 aromatic heterocycles. The van der Waals surface area contributed by atoms with Crippen LogP contribution in [-0.2, 0) is 10.0 Å². The first-order chi connectivity index (χ1) is 16.0. The van der Waals surface area contributed by atoms with Crippen LogP contribution in [0.2, 0.25) is 0 Å². The number of anilines is 1. The molecule has 0 aliphatic carbocycles. The SMILES string of the molecule is O=C(Nc1ccc(-n2cnc3ccccc32)cc1)c1cccc(S(=O)(=O)N2CCCCC2)c1. The average molecular weight is 461 g/mol. The molecule has 1 aliphatic heterocycles. The molecule has 1 amide bonds. The molecule has 5 rings (SSSR count). The highest BCUT2D eigenvalue weighted by molar-refractivity contribution is 7.89. The largest absolute Gasteiger partial charge is 0.322 e.